The van der Waals surface area contributed by atoms with Crippen LogP contribution in [0.1, 0.15) is 30.7 Å². The molecule has 0 radical (unpaired) electrons. The van der Waals surface area contributed by atoms with Gasteiger partial charge in [-0.15, -0.1) is 0 Å². The maximum absolute atomic E-state index is 9.50. The Morgan fingerprint density at radius 2 is 2.19 bits per heavy atom. The van der Waals surface area contributed by atoms with Gasteiger partial charge < -0.3 is 10.0 Å². The predicted octanol–water partition coefficient (Wildman–Crippen LogP) is 2.45. The molecule has 0 aliphatic carbocycles. The molecule has 2 aromatic rings. The van der Waals surface area contributed by atoms with Crippen LogP contribution in [-0.2, 0) is 6.54 Å². The van der Waals surface area contributed by atoms with E-state index in [-0.39, 0.29) is 0 Å². The third-order valence-corrected chi connectivity index (χ3v) is 3.15. The van der Waals surface area contributed by atoms with Gasteiger partial charge in [-0.1, -0.05) is 6.07 Å². The Hall–Kier alpha value is -2.45. The second-order valence-electron chi connectivity index (χ2n) is 4.81. The van der Waals surface area contributed by atoms with Gasteiger partial charge in [-0.3, -0.25) is 9.97 Å². The highest BCUT2D eigenvalue weighted by atomic mass is 16.3. The Kier molecular flexibility index (Phi) is 5.24. The van der Waals surface area contributed by atoms with Crippen LogP contribution in [-0.4, -0.2) is 21.6 Å². The summed E-state index contributed by atoms with van der Waals surface area (Å²) in [5.74, 6) is 0. The van der Waals surface area contributed by atoms with Crippen LogP contribution in [0.15, 0.2) is 42.9 Å². The molecule has 0 aliphatic heterocycles. The van der Waals surface area contributed by atoms with E-state index in [0.29, 0.717) is 25.2 Å². The molecule has 5 nitrogen and oxygen atoms in total. The molecule has 0 saturated carbocycles. The minimum atomic E-state index is -0.579. The molecule has 108 valence electrons. The van der Waals surface area contributed by atoms with Gasteiger partial charge in [0.25, 0.3) is 0 Å². The average molecular weight is 282 g/mol. The summed E-state index contributed by atoms with van der Waals surface area (Å²) in [4.78, 5) is 10.4. The summed E-state index contributed by atoms with van der Waals surface area (Å²) in [6.07, 6.45) is 5.15. The molecule has 1 atom stereocenters. The summed E-state index contributed by atoms with van der Waals surface area (Å²) in [5.41, 5.74) is 2.65. The van der Waals surface area contributed by atoms with Gasteiger partial charge in [0.2, 0.25) is 0 Å². The molecule has 2 rings (SSSR count). The predicted molar refractivity (Wildman–Crippen MR) is 80.4 cm³/mol. The van der Waals surface area contributed by atoms with Crippen LogP contribution in [0.2, 0.25) is 0 Å². The van der Waals surface area contributed by atoms with E-state index in [1.54, 1.807) is 19.3 Å². The smallest absolute Gasteiger partial charge is 0.0931 e. The van der Waals surface area contributed by atoms with Crippen LogP contribution in [0.3, 0.4) is 0 Å². The molecule has 2 aromatic heterocycles. The number of nitriles is 1. The van der Waals surface area contributed by atoms with Gasteiger partial charge in [-0.25, -0.2) is 0 Å². The second kappa shape index (κ2) is 7.36. The summed E-state index contributed by atoms with van der Waals surface area (Å²) >= 11 is 0. The fraction of sp³-hybridized carbons (Fsp3) is 0.312. The summed E-state index contributed by atoms with van der Waals surface area (Å²) in [7, 11) is 0. The zero-order valence-electron chi connectivity index (χ0n) is 12.0. The zero-order valence-corrected chi connectivity index (χ0v) is 12.0. The van der Waals surface area contributed by atoms with Gasteiger partial charge in [0, 0.05) is 25.5 Å². The lowest BCUT2D eigenvalue weighted by Crippen LogP contribution is -2.24. The fourth-order valence-electron chi connectivity index (χ4n) is 2.03. The Labute approximate surface area is 124 Å². The van der Waals surface area contributed by atoms with E-state index in [1.165, 1.54) is 0 Å². The molecule has 0 amide bonds. The molecule has 21 heavy (non-hydrogen) atoms. The highest BCUT2D eigenvalue weighted by Gasteiger charge is 2.09. The number of aliphatic hydroxyl groups excluding tert-OH is 1. The van der Waals surface area contributed by atoms with Crippen molar-refractivity contribution in [2.24, 2.45) is 0 Å². The molecule has 0 saturated heterocycles. The summed E-state index contributed by atoms with van der Waals surface area (Å²) in [6, 6.07) is 9.79. The quantitative estimate of drug-likeness (QED) is 0.881. The van der Waals surface area contributed by atoms with E-state index in [1.807, 2.05) is 30.5 Å². The number of aliphatic hydroxyl groups is 1. The molecule has 0 bridgehead atoms. The SMILES string of the molecule is C[C@@H](O)c1ccc(N(CCC#N)Cc2cccnc2)cn1. The van der Waals surface area contributed by atoms with Crippen molar-refractivity contribution in [3.63, 3.8) is 0 Å². The lowest BCUT2D eigenvalue weighted by Gasteiger charge is -2.23. The van der Waals surface area contributed by atoms with Gasteiger partial charge in [0.05, 0.1) is 36.2 Å². The van der Waals surface area contributed by atoms with Crippen LogP contribution in [0, 0.1) is 11.3 Å². The molecule has 0 spiro atoms. The lowest BCUT2D eigenvalue weighted by atomic mass is 10.2. The normalized spacial score (nSPS) is 11.7. The van der Waals surface area contributed by atoms with Crippen molar-refractivity contribution >= 4 is 5.69 Å². The highest BCUT2D eigenvalue weighted by molar-refractivity contribution is 5.45. The molecular weight excluding hydrogens is 264 g/mol. The van der Waals surface area contributed by atoms with Crippen molar-refractivity contribution in [2.45, 2.75) is 26.0 Å². The molecule has 2 heterocycles. The highest BCUT2D eigenvalue weighted by Crippen LogP contribution is 2.18. The zero-order chi connectivity index (χ0) is 15.1. The van der Waals surface area contributed by atoms with Crippen molar-refractivity contribution in [3.05, 3.63) is 54.1 Å². The summed E-state index contributed by atoms with van der Waals surface area (Å²) in [6.45, 7) is 2.98. The standard InChI is InChI=1S/C16H18N4O/c1-13(21)16-6-5-15(11-19-16)20(9-3-7-17)12-14-4-2-8-18-10-14/h2,4-6,8,10-11,13,21H,3,9,12H2,1H3/t13-/m1/s1. The van der Waals surface area contributed by atoms with Crippen molar-refractivity contribution in [1.82, 2.24) is 9.97 Å². The summed E-state index contributed by atoms with van der Waals surface area (Å²) < 4.78 is 0. The Morgan fingerprint density at radius 1 is 1.33 bits per heavy atom. The fourth-order valence-corrected chi connectivity index (χ4v) is 2.03. The minimum absolute atomic E-state index is 0.443. The number of hydrogen-bond acceptors (Lipinski definition) is 5. The average Bonchev–Trinajstić information content (AvgIpc) is 2.52. The third kappa shape index (κ3) is 4.26. The molecular formula is C16H18N4O. The minimum Gasteiger partial charge on any atom is -0.387 e. The summed E-state index contributed by atoms with van der Waals surface area (Å²) in [5, 5.41) is 18.3. The van der Waals surface area contributed by atoms with Gasteiger partial charge in [-0.2, -0.15) is 5.26 Å². The van der Waals surface area contributed by atoms with Gasteiger partial charge in [0.15, 0.2) is 0 Å². The maximum Gasteiger partial charge on any atom is 0.0931 e. The second-order valence-corrected chi connectivity index (χ2v) is 4.81. The Bertz CT molecular complexity index is 590. The van der Waals surface area contributed by atoms with Gasteiger partial charge >= 0.3 is 0 Å². The Balaban J connectivity index is 2.17. The van der Waals surface area contributed by atoms with E-state index >= 15 is 0 Å². The third-order valence-electron chi connectivity index (χ3n) is 3.15. The van der Waals surface area contributed by atoms with E-state index < -0.39 is 6.10 Å². The van der Waals surface area contributed by atoms with E-state index in [9.17, 15) is 5.11 Å². The lowest BCUT2D eigenvalue weighted by molar-refractivity contribution is 0.194. The molecule has 0 fully saturated rings. The van der Waals surface area contributed by atoms with Crippen LogP contribution < -0.4 is 4.90 Å². The molecule has 1 N–H and O–H groups in total. The molecule has 5 heteroatoms. The molecule has 0 unspecified atom stereocenters. The largest absolute Gasteiger partial charge is 0.387 e. The van der Waals surface area contributed by atoms with Gasteiger partial charge in [0.1, 0.15) is 0 Å². The number of pyridine rings is 2. The molecule has 0 aromatic carbocycles. The van der Waals surface area contributed by atoms with Crippen LogP contribution >= 0.6 is 0 Å². The van der Waals surface area contributed by atoms with Crippen LogP contribution in [0.4, 0.5) is 5.69 Å². The number of rotatable bonds is 6. The topological polar surface area (TPSA) is 73.0 Å². The Morgan fingerprint density at radius 3 is 2.76 bits per heavy atom. The van der Waals surface area contributed by atoms with E-state index in [2.05, 4.69) is 20.9 Å². The van der Waals surface area contributed by atoms with Crippen molar-refractivity contribution < 1.29 is 5.11 Å². The first-order valence-corrected chi connectivity index (χ1v) is 6.85. The first kappa shape index (κ1) is 14.9. The first-order valence-electron chi connectivity index (χ1n) is 6.85. The van der Waals surface area contributed by atoms with Crippen molar-refractivity contribution in [1.29, 1.82) is 5.26 Å². The maximum atomic E-state index is 9.50. The number of anilines is 1. The number of hydrogen-bond donors (Lipinski definition) is 1. The van der Waals surface area contributed by atoms with Gasteiger partial charge in [-0.05, 0) is 30.7 Å². The van der Waals surface area contributed by atoms with Crippen molar-refractivity contribution in [3.8, 4) is 6.07 Å². The van der Waals surface area contributed by atoms with E-state index in [4.69, 9.17) is 5.26 Å². The van der Waals surface area contributed by atoms with E-state index in [0.717, 1.165) is 11.3 Å². The number of nitrogens with zero attached hydrogens (tertiary/aromatic N) is 4. The number of aromatic nitrogens is 2. The van der Waals surface area contributed by atoms with Crippen molar-refractivity contribution in [2.75, 3.05) is 11.4 Å². The van der Waals surface area contributed by atoms with Crippen LogP contribution in [0.5, 0.6) is 0 Å². The van der Waals surface area contributed by atoms with Crippen LogP contribution in [0.25, 0.3) is 0 Å². The molecule has 0 aliphatic rings. The monoisotopic (exact) mass is 282 g/mol. The first-order chi connectivity index (χ1) is 10.2.